The Bertz CT molecular complexity index is 1420. The Morgan fingerprint density at radius 2 is 1.69 bits per heavy atom. The van der Waals surface area contributed by atoms with E-state index in [9.17, 15) is 19.8 Å². The average molecular weight is 530 g/mol. The van der Waals surface area contributed by atoms with Crippen LogP contribution in [0, 0.1) is 5.92 Å². The molecule has 4 rings (SSSR count). The van der Waals surface area contributed by atoms with Gasteiger partial charge in [0, 0.05) is 16.8 Å². The molecule has 0 saturated carbocycles. The number of hydrogen-bond acceptors (Lipinski definition) is 6. The van der Waals surface area contributed by atoms with Gasteiger partial charge < -0.3 is 19.7 Å². The van der Waals surface area contributed by atoms with Crippen LogP contribution in [0.2, 0.25) is 0 Å². The van der Waals surface area contributed by atoms with Crippen LogP contribution in [0.5, 0.6) is 17.2 Å². The first-order valence-corrected chi connectivity index (χ1v) is 12.9. The number of ether oxygens (including phenoxy) is 2. The quantitative estimate of drug-likeness (QED) is 0.210. The first kappa shape index (κ1) is 27.8. The summed E-state index contributed by atoms with van der Waals surface area (Å²) in [7, 11) is 1.58. The maximum atomic E-state index is 13.5. The monoisotopic (exact) mass is 529 g/mol. The highest BCUT2D eigenvalue weighted by Crippen LogP contribution is 2.44. The van der Waals surface area contributed by atoms with Crippen LogP contribution in [-0.4, -0.2) is 35.6 Å². The second kappa shape index (κ2) is 10.8. The van der Waals surface area contributed by atoms with E-state index in [4.69, 9.17) is 9.47 Å². The third-order valence-electron chi connectivity index (χ3n) is 6.61. The number of amides is 1. The summed E-state index contributed by atoms with van der Waals surface area (Å²) >= 11 is 0. The van der Waals surface area contributed by atoms with Crippen molar-refractivity contribution in [1.29, 1.82) is 0 Å². The number of ketones is 1. The molecule has 1 aliphatic rings. The van der Waals surface area contributed by atoms with Crippen LogP contribution in [0.3, 0.4) is 0 Å². The van der Waals surface area contributed by atoms with E-state index in [1.54, 1.807) is 61.7 Å². The normalized spacial score (nSPS) is 17.1. The minimum atomic E-state index is -0.959. The number of phenolic OH excluding ortho intramolecular Hbond substituents is 1. The average Bonchev–Trinajstić information content (AvgIpc) is 3.16. The summed E-state index contributed by atoms with van der Waals surface area (Å²) in [6.45, 7) is 10.7. The number of rotatable bonds is 7. The second-order valence-electron chi connectivity index (χ2n) is 11.1. The fourth-order valence-corrected chi connectivity index (χ4v) is 4.67. The van der Waals surface area contributed by atoms with E-state index < -0.39 is 17.7 Å². The molecule has 1 aliphatic heterocycles. The van der Waals surface area contributed by atoms with Crippen LogP contribution in [0.15, 0.2) is 72.3 Å². The Morgan fingerprint density at radius 1 is 1.00 bits per heavy atom. The van der Waals surface area contributed by atoms with E-state index in [2.05, 4.69) is 13.8 Å². The van der Waals surface area contributed by atoms with Crippen molar-refractivity contribution >= 4 is 23.1 Å². The smallest absolute Gasteiger partial charge is 0.300 e. The van der Waals surface area contributed by atoms with Gasteiger partial charge in [-0.2, -0.15) is 0 Å². The summed E-state index contributed by atoms with van der Waals surface area (Å²) in [4.78, 5) is 28.3. The van der Waals surface area contributed by atoms with Crippen LogP contribution in [-0.2, 0) is 15.0 Å². The molecule has 3 aromatic carbocycles. The van der Waals surface area contributed by atoms with Crippen molar-refractivity contribution in [3.05, 3.63) is 89.0 Å². The number of nitrogens with zero attached hydrogens (tertiary/aromatic N) is 1. The Hall–Kier alpha value is -4.26. The molecule has 1 atom stereocenters. The lowest BCUT2D eigenvalue weighted by Gasteiger charge is -2.26. The summed E-state index contributed by atoms with van der Waals surface area (Å²) in [5.74, 6) is -0.247. The van der Waals surface area contributed by atoms with Gasteiger partial charge in [0.15, 0.2) is 0 Å². The third-order valence-corrected chi connectivity index (χ3v) is 6.61. The summed E-state index contributed by atoms with van der Waals surface area (Å²) in [6.07, 6.45) is 0. The number of carbonyl (C=O) groups is 2. The molecule has 1 unspecified atom stereocenters. The Morgan fingerprint density at radius 3 is 2.28 bits per heavy atom. The van der Waals surface area contributed by atoms with E-state index in [0.29, 0.717) is 40.8 Å². The first-order valence-electron chi connectivity index (χ1n) is 12.9. The van der Waals surface area contributed by atoms with Gasteiger partial charge in [-0.3, -0.25) is 14.5 Å². The lowest BCUT2D eigenvalue weighted by atomic mass is 9.84. The van der Waals surface area contributed by atoms with Crippen molar-refractivity contribution in [2.24, 2.45) is 5.92 Å². The summed E-state index contributed by atoms with van der Waals surface area (Å²) in [5, 5.41) is 21.8. The largest absolute Gasteiger partial charge is 0.508 e. The number of Topliss-reactive ketones (excluding diaryl/α,β-unsaturated/α-hetero) is 1. The Kier molecular flexibility index (Phi) is 7.72. The van der Waals surface area contributed by atoms with Crippen molar-refractivity contribution in [2.45, 2.75) is 46.1 Å². The van der Waals surface area contributed by atoms with E-state index >= 15 is 0 Å². The molecular formula is C32H35NO6. The standard InChI is InChI=1S/C32H35NO6/c1-19(2)18-39-24-13-11-22(12-14-24)33-28(20-8-7-9-23(34)16-20)27(30(36)31(33)37)29(35)21-10-15-26(38-6)25(17-21)32(3,4)5/h7-17,19,28,34-35H,18H2,1-6H3/b29-27-. The zero-order chi connectivity index (χ0) is 28.5. The zero-order valence-electron chi connectivity index (χ0n) is 23.2. The fraction of sp³-hybridized carbons (Fsp3) is 0.312. The van der Waals surface area contributed by atoms with Crippen molar-refractivity contribution < 1.29 is 29.3 Å². The number of phenols is 1. The number of carbonyl (C=O) groups excluding carboxylic acids is 2. The maximum Gasteiger partial charge on any atom is 0.300 e. The third kappa shape index (κ3) is 5.62. The molecule has 3 aromatic rings. The number of anilines is 1. The zero-order valence-corrected chi connectivity index (χ0v) is 23.2. The number of benzene rings is 3. The summed E-state index contributed by atoms with van der Waals surface area (Å²) in [6, 6.07) is 17.5. The van der Waals surface area contributed by atoms with Gasteiger partial charge in [0.25, 0.3) is 11.7 Å². The van der Waals surface area contributed by atoms with Crippen molar-refractivity contribution in [2.75, 3.05) is 18.6 Å². The topological polar surface area (TPSA) is 96.3 Å². The minimum absolute atomic E-state index is 0.0185. The summed E-state index contributed by atoms with van der Waals surface area (Å²) in [5.41, 5.74) is 1.82. The Labute approximate surface area is 229 Å². The SMILES string of the molecule is COc1ccc(/C(O)=C2/C(=O)C(=O)N(c3ccc(OCC(C)C)cc3)C2c2cccc(O)c2)cc1C(C)(C)C. The number of aliphatic hydroxyl groups excluding tert-OH is 1. The van der Waals surface area contributed by atoms with E-state index in [1.165, 1.54) is 17.0 Å². The molecule has 0 aromatic heterocycles. The molecule has 7 heteroatoms. The lowest BCUT2D eigenvalue weighted by molar-refractivity contribution is -0.132. The molecule has 1 amide bonds. The van der Waals surface area contributed by atoms with Gasteiger partial charge in [0.1, 0.15) is 23.0 Å². The number of aliphatic hydroxyl groups is 1. The van der Waals surface area contributed by atoms with E-state index in [0.717, 1.165) is 5.56 Å². The molecule has 0 bridgehead atoms. The van der Waals surface area contributed by atoms with E-state index in [-0.39, 0.29) is 22.5 Å². The maximum absolute atomic E-state index is 13.5. The highest BCUT2D eigenvalue weighted by molar-refractivity contribution is 6.51. The minimum Gasteiger partial charge on any atom is -0.508 e. The molecule has 1 fully saturated rings. The second-order valence-corrected chi connectivity index (χ2v) is 11.1. The molecule has 0 spiro atoms. The molecule has 204 valence electrons. The molecule has 39 heavy (non-hydrogen) atoms. The number of aromatic hydroxyl groups is 1. The summed E-state index contributed by atoms with van der Waals surface area (Å²) < 4.78 is 11.3. The number of methoxy groups -OCH3 is 1. The van der Waals surface area contributed by atoms with Crippen LogP contribution < -0.4 is 14.4 Å². The predicted molar refractivity (Wildman–Crippen MR) is 151 cm³/mol. The first-order chi connectivity index (χ1) is 18.4. The van der Waals surface area contributed by atoms with Gasteiger partial charge in [-0.15, -0.1) is 0 Å². The highest BCUT2D eigenvalue weighted by Gasteiger charge is 2.47. The number of hydrogen-bond donors (Lipinski definition) is 2. The highest BCUT2D eigenvalue weighted by atomic mass is 16.5. The molecule has 1 heterocycles. The molecule has 0 aliphatic carbocycles. The van der Waals surface area contributed by atoms with Gasteiger partial charge in [0.05, 0.1) is 25.3 Å². The van der Waals surface area contributed by atoms with Gasteiger partial charge >= 0.3 is 0 Å². The van der Waals surface area contributed by atoms with Gasteiger partial charge in [0.2, 0.25) is 0 Å². The van der Waals surface area contributed by atoms with Gasteiger partial charge in [-0.1, -0.05) is 46.8 Å². The van der Waals surface area contributed by atoms with Crippen LogP contribution >= 0.6 is 0 Å². The van der Waals surface area contributed by atoms with Gasteiger partial charge in [-0.05, 0) is 71.5 Å². The van der Waals surface area contributed by atoms with Crippen LogP contribution in [0.25, 0.3) is 5.76 Å². The van der Waals surface area contributed by atoms with Crippen molar-refractivity contribution in [1.82, 2.24) is 0 Å². The van der Waals surface area contributed by atoms with Crippen LogP contribution in [0.1, 0.15) is 57.4 Å². The van der Waals surface area contributed by atoms with Crippen molar-refractivity contribution in [3.63, 3.8) is 0 Å². The molecule has 2 N–H and O–H groups in total. The van der Waals surface area contributed by atoms with Crippen LogP contribution in [0.4, 0.5) is 5.69 Å². The molecule has 0 radical (unpaired) electrons. The predicted octanol–water partition coefficient (Wildman–Crippen LogP) is 6.36. The van der Waals surface area contributed by atoms with Crippen molar-refractivity contribution in [3.8, 4) is 17.2 Å². The Balaban J connectivity index is 1.87. The van der Waals surface area contributed by atoms with E-state index in [1.807, 2.05) is 20.8 Å². The lowest BCUT2D eigenvalue weighted by Crippen LogP contribution is -2.29. The fourth-order valence-electron chi connectivity index (χ4n) is 4.67. The molecular weight excluding hydrogens is 494 g/mol. The van der Waals surface area contributed by atoms with Gasteiger partial charge in [-0.25, -0.2) is 0 Å². The molecule has 7 nitrogen and oxygen atoms in total. The molecule has 1 saturated heterocycles.